The van der Waals surface area contributed by atoms with E-state index in [-0.39, 0.29) is 0 Å². The van der Waals surface area contributed by atoms with Gasteiger partial charge in [-0.25, -0.2) is 0 Å². The zero-order valence-electron chi connectivity index (χ0n) is 12.0. The molecule has 1 aromatic carbocycles. The van der Waals surface area contributed by atoms with Crippen LogP contribution in [-0.4, -0.2) is 26.9 Å². The van der Waals surface area contributed by atoms with Crippen LogP contribution in [0.3, 0.4) is 0 Å². The highest BCUT2D eigenvalue weighted by atomic mass is 16.5. The third kappa shape index (κ3) is 3.95. The highest BCUT2D eigenvalue weighted by molar-refractivity contribution is 5.31. The molecule has 0 aromatic heterocycles. The SMILES string of the molecule is CCCOc1cccc(C(NC)C2CCOCC2)c1. The molecule has 3 heteroatoms. The van der Waals surface area contributed by atoms with Crippen molar-refractivity contribution < 1.29 is 9.47 Å². The lowest BCUT2D eigenvalue weighted by atomic mass is 9.87. The van der Waals surface area contributed by atoms with E-state index in [9.17, 15) is 0 Å². The van der Waals surface area contributed by atoms with Gasteiger partial charge in [0.05, 0.1) is 6.61 Å². The second kappa shape index (κ2) is 7.51. The van der Waals surface area contributed by atoms with E-state index in [2.05, 4.69) is 30.4 Å². The lowest BCUT2D eigenvalue weighted by molar-refractivity contribution is 0.0546. The number of rotatable bonds is 6. The topological polar surface area (TPSA) is 30.5 Å². The summed E-state index contributed by atoms with van der Waals surface area (Å²) >= 11 is 0. The van der Waals surface area contributed by atoms with Crippen molar-refractivity contribution in [3.8, 4) is 5.75 Å². The quantitative estimate of drug-likeness (QED) is 0.855. The Bertz CT molecular complexity index is 375. The molecule has 1 aromatic rings. The van der Waals surface area contributed by atoms with Gasteiger partial charge in [-0.1, -0.05) is 19.1 Å². The Balaban J connectivity index is 2.08. The van der Waals surface area contributed by atoms with E-state index in [1.165, 1.54) is 5.56 Å². The van der Waals surface area contributed by atoms with Gasteiger partial charge in [-0.05, 0) is 49.9 Å². The van der Waals surface area contributed by atoms with Crippen LogP contribution in [0.5, 0.6) is 5.75 Å². The molecule has 1 unspecified atom stereocenters. The number of ether oxygens (including phenoxy) is 2. The first-order valence-corrected chi connectivity index (χ1v) is 7.33. The summed E-state index contributed by atoms with van der Waals surface area (Å²) < 4.78 is 11.2. The Morgan fingerprint density at radius 1 is 1.37 bits per heavy atom. The fourth-order valence-electron chi connectivity index (χ4n) is 2.74. The molecule has 1 saturated heterocycles. The molecule has 1 aliphatic rings. The lowest BCUT2D eigenvalue weighted by Gasteiger charge is -2.30. The predicted octanol–water partition coefficient (Wildman–Crippen LogP) is 3.16. The summed E-state index contributed by atoms with van der Waals surface area (Å²) in [6.07, 6.45) is 3.30. The van der Waals surface area contributed by atoms with Crippen molar-refractivity contribution in [2.75, 3.05) is 26.9 Å². The normalized spacial score (nSPS) is 18.2. The molecule has 2 rings (SSSR count). The molecule has 3 nitrogen and oxygen atoms in total. The van der Waals surface area contributed by atoms with Gasteiger partial charge in [-0.2, -0.15) is 0 Å². The molecular weight excluding hydrogens is 238 g/mol. The first-order valence-electron chi connectivity index (χ1n) is 7.33. The summed E-state index contributed by atoms with van der Waals surface area (Å²) in [4.78, 5) is 0. The first kappa shape index (κ1) is 14.4. The van der Waals surface area contributed by atoms with E-state index in [1.54, 1.807) is 0 Å². The van der Waals surface area contributed by atoms with Crippen molar-refractivity contribution in [3.05, 3.63) is 29.8 Å². The molecule has 1 heterocycles. The minimum Gasteiger partial charge on any atom is -0.494 e. The van der Waals surface area contributed by atoms with Crippen molar-refractivity contribution in [1.82, 2.24) is 5.32 Å². The highest BCUT2D eigenvalue weighted by Crippen LogP contribution is 2.31. The van der Waals surface area contributed by atoms with Crippen molar-refractivity contribution in [2.45, 2.75) is 32.2 Å². The van der Waals surface area contributed by atoms with Gasteiger partial charge in [0.15, 0.2) is 0 Å². The molecular formula is C16H25NO2. The van der Waals surface area contributed by atoms with E-state index >= 15 is 0 Å². The van der Waals surface area contributed by atoms with Gasteiger partial charge in [0.25, 0.3) is 0 Å². The molecule has 1 atom stereocenters. The van der Waals surface area contributed by atoms with Crippen LogP contribution >= 0.6 is 0 Å². The standard InChI is InChI=1S/C16H25NO2/c1-3-9-19-15-6-4-5-14(12-15)16(17-2)13-7-10-18-11-8-13/h4-6,12-13,16-17H,3,7-11H2,1-2H3. The molecule has 0 amide bonds. The van der Waals surface area contributed by atoms with Crippen LogP contribution in [0.2, 0.25) is 0 Å². The summed E-state index contributed by atoms with van der Waals surface area (Å²) in [6.45, 7) is 4.68. The third-order valence-electron chi connectivity index (χ3n) is 3.74. The first-order chi connectivity index (χ1) is 9.35. The smallest absolute Gasteiger partial charge is 0.119 e. The van der Waals surface area contributed by atoms with Crippen LogP contribution in [0, 0.1) is 5.92 Å². The largest absolute Gasteiger partial charge is 0.494 e. The van der Waals surface area contributed by atoms with Crippen molar-refractivity contribution >= 4 is 0 Å². The second-order valence-corrected chi connectivity index (χ2v) is 5.14. The Morgan fingerprint density at radius 3 is 2.84 bits per heavy atom. The molecule has 0 aliphatic carbocycles. The van der Waals surface area contributed by atoms with E-state index in [0.717, 1.165) is 44.8 Å². The molecule has 0 bridgehead atoms. The predicted molar refractivity (Wildman–Crippen MR) is 77.6 cm³/mol. The monoisotopic (exact) mass is 263 g/mol. The summed E-state index contributed by atoms with van der Waals surface area (Å²) in [5.74, 6) is 1.63. The van der Waals surface area contributed by atoms with Gasteiger partial charge < -0.3 is 14.8 Å². The van der Waals surface area contributed by atoms with Gasteiger partial charge >= 0.3 is 0 Å². The number of hydrogen-bond acceptors (Lipinski definition) is 3. The summed E-state index contributed by atoms with van der Waals surface area (Å²) in [5.41, 5.74) is 1.32. The number of benzene rings is 1. The fourth-order valence-corrected chi connectivity index (χ4v) is 2.74. The van der Waals surface area contributed by atoms with Crippen LogP contribution in [0.25, 0.3) is 0 Å². The van der Waals surface area contributed by atoms with Gasteiger partial charge in [0.1, 0.15) is 5.75 Å². The Labute approximate surface area is 116 Å². The van der Waals surface area contributed by atoms with Crippen molar-refractivity contribution in [3.63, 3.8) is 0 Å². The third-order valence-corrected chi connectivity index (χ3v) is 3.74. The molecule has 0 spiro atoms. The van der Waals surface area contributed by atoms with Crippen LogP contribution < -0.4 is 10.1 Å². The van der Waals surface area contributed by atoms with Crippen molar-refractivity contribution in [2.24, 2.45) is 5.92 Å². The maximum Gasteiger partial charge on any atom is 0.119 e. The molecule has 19 heavy (non-hydrogen) atoms. The Morgan fingerprint density at radius 2 is 2.16 bits per heavy atom. The minimum atomic E-state index is 0.397. The number of hydrogen-bond donors (Lipinski definition) is 1. The van der Waals surface area contributed by atoms with Crippen molar-refractivity contribution in [1.29, 1.82) is 0 Å². The Kier molecular flexibility index (Phi) is 5.67. The van der Waals surface area contributed by atoms with Gasteiger partial charge in [-0.3, -0.25) is 0 Å². The van der Waals surface area contributed by atoms with E-state index in [1.807, 2.05) is 13.1 Å². The maximum atomic E-state index is 5.73. The molecule has 106 valence electrons. The molecule has 1 fully saturated rings. The summed E-state index contributed by atoms with van der Waals surface area (Å²) in [6, 6.07) is 8.88. The van der Waals surface area contributed by atoms with Gasteiger partial charge in [0.2, 0.25) is 0 Å². The maximum absolute atomic E-state index is 5.73. The van der Waals surface area contributed by atoms with E-state index < -0.39 is 0 Å². The molecule has 1 N–H and O–H groups in total. The number of nitrogens with one attached hydrogen (secondary N) is 1. The Hall–Kier alpha value is -1.06. The zero-order chi connectivity index (χ0) is 13.5. The minimum absolute atomic E-state index is 0.397. The fraction of sp³-hybridized carbons (Fsp3) is 0.625. The van der Waals surface area contributed by atoms with Crippen LogP contribution in [0.4, 0.5) is 0 Å². The van der Waals surface area contributed by atoms with E-state index in [4.69, 9.17) is 9.47 Å². The second-order valence-electron chi connectivity index (χ2n) is 5.14. The van der Waals surface area contributed by atoms with Crippen LogP contribution in [0.15, 0.2) is 24.3 Å². The summed E-state index contributed by atoms with van der Waals surface area (Å²) in [7, 11) is 2.04. The molecule has 0 radical (unpaired) electrons. The van der Waals surface area contributed by atoms with E-state index in [0.29, 0.717) is 12.0 Å². The zero-order valence-corrected chi connectivity index (χ0v) is 12.0. The van der Waals surface area contributed by atoms with Crippen LogP contribution in [-0.2, 0) is 4.74 Å². The average Bonchev–Trinajstić information content (AvgIpc) is 2.47. The van der Waals surface area contributed by atoms with Crippen LogP contribution in [0.1, 0.15) is 37.8 Å². The van der Waals surface area contributed by atoms with Gasteiger partial charge in [-0.15, -0.1) is 0 Å². The lowest BCUT2D eigenvalue weighted by Crippen LogP contribution is -2.30. The average molecular weight is 263 g/mol. The summed E-state index contributed by atoms with van der Waals surface area (Å²) in [5, 5.41) is 3.46. The molecule has 0 saturated carbocycles. The molecule has 1 aliphatic heterocycles. The van der Waals surface area contributed by atoms with Gasteiger partial charge in [0, 0.05) is 19.3 Å². The highest BCUT2D eigenvalue weighted by Gasteiger charge is 2.24.